The van der Waals surface area contributed by atoms with Crippen LogP contribution in [0.15, 0.2) is 48.5 Å². The molecule has 0 bridgehead atoms. The number of carboxylic acids is 1. The van der Waals surface area contributed by atoms with Crippen LogP contribution in [0.2, 0.25) is 0 Å². The lowest BCUT2D eigenvalue weighted by atomic mass is 9.90. The SMILES string of the molecule is COc1ccc(CC(C(=O)O)c2cccc(CC(N)=O)c2)cc1. The lowest BCUT2D eigenvalue weighted by molar-refractivity contribution is -0.138. The highest BCUT2D eigenvalue weighted by Gasteiger charge is 2.20. The quantitative estimate of drug-likeness (QED) is 0.819. The molecule has 23 heavy (non-hydrogen) atoms. The Morgan fingerprint density at radius 2 is 1.83 bits per heavy atom. The molecule has 3 N–H and O–H groups in total. The summed E-state index contributed by atoms with van der Waals surface area (Å²) in [5.41, 5.74) is 7.47. The molecule has 2 rings (SSSR count). The van der Waals surface area contributed by atoms with Crippen molar-refractivity contribution in [1.29, 1.82) is 0 Å². The number of primary amides is 1. The Bertz CT molecular complexity index is 694. The van der Waals surface area contributed by atoms with E-state index in [2.05, 4.69) is 0 Å². The van der Waals surface area contributed by atoms with Gasteiger partial charge in [0.15, 0.2) is 0 Å². The van der Waals surface area contributed by atoms with E-state index < -0.39 is 17.8 Å². The Kier molecular flexibility index (Phi) is 5.36. The Morgan fingerprint density at radius 1 is 1.13 bits per heavy atom. The molecule has 0 saturated heterocycles. The van der Waals surface area contributed by atoms with Crippen LogP contribution < -0.4 is 10.5 Å². The van der Waals surface area contributed by atoms with Gasteiger partial charge in [0.05, 0.1) is 19.4 Å². The van der Waals surface area contributed by atoms with Crippen molar-refractivity contribution in [3.05, 3.63) is 65.2 Å². The van der Waals surface area contributed by atoms with Crippen LogP contribution in [0.5, 0.6) is 5.75 Å². The maximum Gasteiger partial charge on any atom is 0.311 e. The van der Waals surface area contributed by atoms with E-state index in [4.69, 9.17) is 10.5 Å². The number of aliphatic carboxylic acids is 1. The van der Waals surface area contributed by atoms with Crippen LogP contribution in [0.4, 0.5) is 0 Å². The number of methoxy groups -OCH3 is 1. The first kappa shape index (κ1) is 16.5. The van der Waals surface area contributed by atoms with E-state index >= 15 is 0 Å². The predicted molar refractivity (Wildman–Crippen MR) is 86.4 cm³/mol. The molecule has 1 unspecified atom stereocenters. The largest absolute Gasteiger partial charge is 0.497 e. The molecule has 0 spiro atoms. The first-order chi connectivity index (χ1) is 11.0. The minimum absolute atomic E-state index is 0.0999. The van der Waals surface area contributed by atoms with Gasteiger partial charge in [0.25, 0.3) is 0 Å². The average Bonchev–Trinajstić information content (AvgIpc) is 2.52. The zero-order valence-electron chi connectivity index (χ0n) is 12.9. The summed E-state index contributed by atoms with van der Waals surface area (Å²) in [5, 5.41) is 9.55. The maximum atomic E-state index is 11.6. The van der Waals surface area contributed by atoms with Crippen LogP contribution in [0.25, 0.3) is 0 Å². The van der Waals surface area contributed by atoms with Crippen molar-refractivity contribution in [2.45, 2.75) is 18.8 Å². The number of benzene rings is 2. The zero-order valence-corrected chi connectivity index (χ0v) is 12.9. The van der Waals surface area contributed by atoms with Crippen LogP contribution in [0.1, 0.15) is 22.6 Å². The molecule has 0 saturated carbocycles. The molecule has 5 heteroatoms. The number of carbonyl (C=O) groups is 2. The molecule has 2 aromatic rings. The molecule has 5 nitrogen and oxygen atoms in total. The fourth-order valence-electron chi connectivity index (χ4n) is 2.47. The molecule has 1 atom stereocenters. The zero-order chi connectivity index (χ0) is 16.8. The summed E-state index contributed by atoms with van der Waals surface area (Å²) in [5.74, 6) is -1.30. The van der Waals surface area contributed by atoms with Gasteiger partial charge < -0.3 is 15.6 Å². The lowest BCUT2D eigenvalue weighted by Gasteiger charge is -2.14. The molecule has 0 heterocycles. The number of rotatable bonds is 7. The Morgan fingerprint density at radius 3 is 2.39 bits per heavy atom. The van der Waals surface area contributed by atoms with Gasteiger partial charge in [-0.15, -0.1) is 0 Å². The molecule has 120 valence electrons. The average molecular weight is 313 g/mol. The van der Waals surface area contributed by atoms with E-state index in [0.717, 1.165) is 16.9 Å². The van der Waals surface area contributed by atoms with Gasteiger partial charge in [-0.3, -0.25) is 9.59 Å². The third kappa shape index (κ3) is 4.57. The fourth-order valence-corrected chi connectivity index (χ4v) is 2.47. The number of nitrogens with two attached hydrogens (primary N) is 1. The summed E-state index contributed by atoms with van der Waals surface area (Å²) in [4.78, 5) is 22.7. The minimum atomic E-state index is -0.906. The van der Waals surface area contributed by atoms with Crippen molar-refractivity contribution >= 4 is 11.9 Å². The van der Waals surface area contributed by atoms with Crippen molar-refractivity contribution in [3.63, 3.8) is 0 Å². The monoisotopic (exact) mass is 313 g/mol. The normalized spacial score (nSPS) is 11.7. The van der Waals surface area contributed by atoms with E-state index in [1.165, 1.54) is 0 Å². The highest BCUT2D eigenvalue weighted by molar-refractivity contribution is 5.78. The number of ether oxygens (including phenoxy) is 1. The number of carbonyl (C=O) groups excluding carboxylic acids is 1. The Hall–Kier alpha value is -2.82. The third-order valence-electron chi connectivity index (χ3n) is 3.63. The summed E-state index contributed by atoms with van der Waals surface area (Å²) in [7, 11) is 1.58. The minimum Gasteiger partial charge on any atom is -0.497 e. The van der Waals surface area contributed by atoms with Crippen LogP contribution >= 0.6 is 0 Å². The van der Waals surface area contributed by atoms with Gasteiger partial charge in [0.1, 0.15) is 5.75 Å². The van der Waals surface area contributed by atoms with Gasteiger partial charge in [-0.25, -0.2) is 0 Å². The van der Waals surface area contributed by atoms with Gasteiger partial charge in [-0.1, -0.05) is 36.4 Å². The predicted octanol–water partition coefficient (Wildman–Crippen LogP) is 2.13. The van der Waals surface area contributed by atoms with Gasteiger partial charge in [0, 0.05) is 0 Å². The van der Waals surface area contributed by atoms with Crippen LogP contribution in [-0.4, -0.2) is 24.1 Å². The summed E-state index contributed by atoms with van der Waals surface area (Å²) >= 11 is 0. The van der Waals surface area contributed by atoms with Gasteiger partial charge in [-0.05, 0) is 35.2 Å². The summed E-state index contributed by atoms with van der Waals surface area (Å²) in [6, 6.07) is 14.3. The number of amides is 1. The highest BCUT2D eigenvalue weighted by Crippen LogP contribution is 2.24. The van der Waals surface area contributed by atoms with Crippen molar-refractivity contribution < 1.29 is 19.4 Å². The van der Waals surface area contributed by atoms with Gasteiger partial charge in [0.2, 0.25) is 5.91 Å². The van der Waals surface area contributed by atoms with Crippen LogP contribution in [0, 0.1) is 0 Å². The molecular formula is C18H19NO4. The second kappa shape index (κ2) is 7.45. The molecule has 2 aromatic carbocycles. The van der Waals surface area contributed by atoms with Gasteiger partial charge >= 0.3 is 5.97 Å². The number of hydrogen-bond donors (Lipinski definition) is 2. The fraction of sp³-hybridized carbons (Fsp3) is 0.222. The Balaban J connectivity index is 2.23. The van der Waals surface area contributed by atoms with E-state index in [0.29, 0.717) is 12.0 Å². The van der Waals surface area contributed by atoms with E-state index in [1.807, 2.05) is 12.1 Å². The van der Waals surface area contributed by atoms with Crippen molar-refractivity contribution in [3.8, 4) is 5.75 Å². The number of carboxylic acid groups (broad SMARTS) is 1. The van der Waals surface area contributed by atoms with Crippen molar-refractivity contribution in [2.75, 3.05) is 7.11 Å². The molecular weight excluding hydrogens is 294 g/mol. The topological polar surface area (TPSA) is 89.6 Å². The Labute approximate surface area is 134 Å². The highest BCUT2D eigenvalue weighted by atomic mass is 16.5. The van der Waals surface area contributed by atoms with Crippen molar-refractivity contribution in [1.82, 2.24) is 0 Å². The molecule has 0 fully saturated rings. The first-order valence-electron chi connectivity index (χ1n) is 7.22. The molecule has 0 aliphatic heterocycles. The molecule has 0 aliphatic carbocycles. The number of hydrogen-bond acceptors (Lipinski definition) is 3. The summed E-state index contributed by atoms with van der Waals surface area (Å²) < 4.78 is 5.10. The van der Waals surface area contributed by atoms with Crippen LogP contribution in [-0.2, 0) is 22.4 Å². The molecule has 0 radical (unpaired) electrons. The molecule has 0 aliphatic rings. The maximum absolute atomic E-state index is 11.6. The summed E-state index contributed by atoms with van der Waals surface area (Å²) in [6.07, 6.45) is 0.460. The van der Waals surface area contributed by atoms with Gasteiger partial charge in [-0.2, -0.15) is 0 Å². The standard InChI is InChI=1S/C18H19NO4/c1-23-15-7-5-12(6-8-15)10-16(18(21)22)14-4-2-3-13(9-14)11-17(19)20/h2-9,16H,10-11H2,1H3,(H2,19,20)(H,21,22). The van der Waals surface area contributed by atoms with E-state index in [9.17, 15) is 14.7 Å². The first-order valence-corrected chi connectivity index (χ1v) is 7.22. The second-order valence-electron chi connectivity index (χ2n) is 5.33. The summed E-state index contributed by atoms with van der Waals surface area (Å²) in [6.45, 7) is 0. The molecule has 1 amide bonds. The van der Waals surface area contributed by atoms with Crippen molar-refractivity contribution in [2.24, 2.45) is 5.73 Å². The van der Waals surface area contributed by atoms with E-state index in [1.54, 1.807) is 43.5 Å². The lowest BCUT2D eigenvalue weighted by Crippen LogP contribution is -2.16. The third-order valence-corrected chi connectivity index (χ3v) is 3.63. The molecule has 0 aromatic heterocycles. The van der Waals surface area contributed by atoms with Crippen LogP contribution in [0.3, 0.4) is 0 Å². The van der Waals surface area contributed by atoms with E-state index in [-0.39, 0.29) is 6.42 Å². The second-order valence-corrected chi connectivity index (χ2v) is 5.33. The smallest absolute Gasteiger partial charge is 0.311 e.